The van der Waals surface area contributed by atoms with Crippen molar-refractivity contribution < 1.29 is 8.78 Å². The first kappa shape index (κ1) is 46.8. The molecule has 2 nitrogen and oxygen atoms in total. The van der Waals surface area contributed by atoms with E-state index in [9.17, 15) is 0 Å². The van der Waals surface area contributed by atoms with Crippen LogP contribution >= 0.6 is 0 Å². The summed E-state index contributed by atoms with van der Waals surface area (Å²) < 4.78 is 35.2. The molecule has 12 rings (SSSR count). The monoisotopic (exact) mass is 936 g/mol. The van der Waals surface area contributed by atoms with Crippen molar-refractivity contribution in [1.29, 1.82) is 0 Å². The standard InChI is InChI=1S/C64H42F2N2.2C2H6/c65-57-41-49(43-19-7-1-8-20-43)39-55(45-23-11-3-12-24-45)63(57)67(51-27-15-5-16-28-51)59-37-33-47-32-36-54-60(38-34-48-31-35-53(59)61(47)62(48)54)68(52-29-17-6-18-30-52)64-56(46-25-13-4-14-26-46)40-50(42-58(64)66)44-21-9-2-10-22-44;2*1-2/h1-42H;2*1-2H3. The largest absolute Gasteiger partial charge is 0.307 e. The highest BCUT2D eigenvalue weighted by Crippen LogP contribution is 2.51. The number of halogens is 2. The zero-order valence-electron chi connectivity index (χ0n) is 40.9. The first-order chi connectivity index (χ1) is 35.6. The van der Waals surface area contributed by atoms with E-state index >= 15 is 8.78 Å². The Labute approximate surface area is 421 Å². The van der Waals surface area contributed by atoms with Gasteiger partial charge in [0.25, 0.3) is 0 Å². The summed E-state index contributed by atoms with van der Waals surface area (Å²) in [4.78, 5) is 4.15. The molecule has 0 N–H and O–H groups in total. The topological polar surface area (TPSA) is 6.48 Å². The molecule has 0 heterocycles. The summed E-state index contributed by atoms with van der Waals surface area (Å²) in [5.74, 6) is -0.676. The predicted molar refractivity (Wildman–Crippen MR) is 304 cm³/mol. The van der Waals surface area contributed by atoms with Gasteiger partial charge in [0.1, 0.15) is 11.6 Å². The van der Waals surface area contributed by atoms with Crippen molar-refractivity contribution in [3.63, 3.8) is 0 Å². The summed E-state index contributed by atoms with van der Waals surface area (Å²) in [5.41, 5.74) is 11.0. The predicted octanol–water partition coefficient (Wildman–Crippen LogP) is 20.5. The van der Waals surface area contributed by atoms with Gasteiger partial charge >= 0.3 is 0 Å². The van der Waals surface area contributed by atoms with E-state index in [2.05, 4.69) is 70.5 Å². The van der Waals surface area contributed by atoms with E-state index in [4.69, 9.17) is 0 Å². The minimum absolute atomic E-state index is 0.338. The molecule has 0 aromatic heterocycles. The summed E-state index contributed by atoms with van der Waals surface area (Å²) >= 11 is 0. The van der Waals surface area contributed by atoms with E-state index in [1.54, 1.807) is 12.1 Å². The van der Waals surface area contributed by atoms with Gasteiger partial charge < -0.3 is 9.80 Å². The second kappa shape index (κ2) is 21.0. The average molecular weight is 937 g/mol. The lowest BCUT2D eigenvalue weighted by molar-refractivity contribution is 0.629. The number of rotatable bonds is 10. The van der Waals surface area contributed by atoms with Gasteiger partial charge in [-0.1, -0.05) is 222 Å². The fourth-order valence-corrected chi connectivity index (χ4v) is 10.0. The number of benzene rings is 12. The van der Waals surface area contributed by atoms with Gasteiger partial charge in [-0.2, -0.15) is 0 Å². The Balaban J connectivity index is 0.00000146. The highest BCUT2D eigenvalue weighted by atomic mass is 19.1. The molecular formula is C68H54F2N2. The van der Waals surface area contributed by atoms with Crippen LogP contribution in [0, 0.1) is 11.6 Å². The van der Waals surface area contributed by atoms with E-state index < -0.39 is 0 Å². The molecule has 12 aromatic carbocycles. The minimum atomic E-state index is -0.338. The maximum absolute atomic E-state index is 17.6. The third-order valence-corrected chi connectivity index (χ3v) is 13.1. The normalized spacial score (nSPS) is 10.9. The molecule has 0 aliphatic heterocycles. The molecule has 0 fully saturated rings. The molecular weight excluding hydrogens is 883 g/mol. The van der Waals surface area contributed by atoms with Gasteiger partial charge in [0.15, 0.2) is 0 Å². The van der Waals surface area contributed by atoms with Crippen LogP contribution < -0.4 is 9.80 Å². The first-order valence-electron chi connectivity index (χ1n) is 24.9. The number of hydrogen-bond acceptors (Lipinski definition) is 2. The van der Waals surface area contributed by atoms with Crippen molar-refractivity contribution in [2.24, 2.45) is 0 Å². The van der Waals surface area contributed by atoms with E-state index in [0.29, 0.717) is 11.4 Å². The van der Waals surface area contributed by atoms with Gasteiger partial charge in [-0.15, -0.1) is 0 Å². The molecule has 350 valence electrons. The zero-order valence-corrected chi connectivity index (χ0v) is 40.9. The van der Waals surface area contributed by atoms with Crippen LogP contribution in [0.25, 0.3) is 76.8 Å². The van der Waals surface area contributed by atoms with E-state index in [0.717, 1.165) is 99.6 Å². The van der Waals surface area contributed by atoms with Crippen LogP contribution in [-0.4, -0.2) is 0 Å². The second-order valence-electron chi connectivity index (χ2n) is 17.1. The number of para-hydroxylation sites is 2. The van der Waals surface area contributed by atoms with Crippen molar-refractivity contribution >= 4 is 66.4 Å². The molecule has 72 heavy (non-hydrogen) atoms. The van der Waals surface area contributed by atoms with Crippen molar-refractivity contribution in [1.82, 2.24) is 0 Å². The molecule has 0 saturated carbocycles. The fraction of sp³-hybridized carbons (Fsp3) is 0.0588. The van der Waals surface area contributed by atoms with Crippen LogP contribution in [-0.2, 0) is 0 Å². The lowest BCUT2D eigenvalue weighted by Crippen LogP contribution is -2.14. The molecule has 4 heteroatoms. The quantitative estimate of drug-likeness (QED) is 0.126. The Morgan fingerprint density at radius 3 is 0.903 bits per heavy atom. The molecule has 0 atom stereocenters. The van der Waals surface area contributed by atoms with Crippen molar-refractivity contribution in [3.05, 3.63) is 266 Å². The SMILES string of the molecule is CC.CC.Fc1cc(-c2ccccc2)cc(-c2ccccc2)c1N(c1ccccc1)c1ccc2ccc3c(N(c4ccccc4)c4c(F)cc(-c5ccccc5)cc4-c4ccccc4)ccc4ccc1c2c43. The Bertz CT molecular complexity index is 3480. The van der Waals surface area contributed by atoms with Gasteiger partial charge in [-0.05, 0) is 116 Å². The summed E-state index contributed by atoms with van der Waals surface area (Å²) in [7, 11) is 0. The molecule has 12 aromatic rings. The molecule has 0 spiro atoms. The molecule has 0 aliphatic rings. The highest BCUT2D eigenvalue weighted by molar-refractivity contribution is 6.28. The molecule has 0 aliphatic carbocycles. The van der Waals surface area contributed by atoms with E-state index in [1.807, 2.05) is 210 Å². The van der Waals surface area contributed by atoms with Crippen molar-refractivity contribution in [2.75, 3.05) is 9.80 Å². The third-order valence-electron chi connectivity index (χ3n) is 13.1. The summed E-state index contributed by atoms with van der Waals surface area (Å²) in [6, 6.07) is 84.9. The van der Waals surface area contributed by atoms with Crippen molar-refractivity contribution in [2.45, 2.75) is 27.7 Å². The minimum Gasteiger partial charge on any atom is -0.307 e. The fourth-order valence-electron chi connectivity index (χ4n) is 10.0. The summed E-state index contributed by atoms with van der Waals surface area (Å²) in [6.45, 7) is 8.00. The average Bonchev–Trinajstić information content (AvgIpc) is 3.46. The third kappa shape index (κ3) is 8.73. The maximum Gasteiger partial charge on any atom is 0.148 e. The lowest BCUT2D eigenvalue weighted by atomic mass is 9.90. The van der Waals surface area contributed by atoms with Gasteiger partial charge in [0.2, 0.25) is 0 Å². The molecule has 0 amide bonds. The maximum atomic E-state index is 17.6. The van der Waals surface area contributed by atoms with Crippen LogP contribution in [0.3, 0.4) is 0 Å². The van der Waals surface area contributed by atoms with Gasteiger partial charge in [-0.3, -0.25) is 0 Å². The van der Waals surface area contributed by atoms with Crippen LogP contribution in [0.1, 0.15) is 27.7 Å². The van der Waals surface area contributed by atoms with E-state index in [1.165, 1.54) is 0 Å². The molecule has 0 bridgehead atoms. The van der Waals surface area contributed by atoms with Gasteiger partial charge in [0, 0.05) is 33.3 Å². The number of hydrogen-bond donors (Lipinski definition) is 0. The van der Waals surface area contributed by atoms with Crippen LogP contribution in [0.5, 0.6) is 0 Å². The Hall–Kier alpha value is -8.86. The smallest absolute Gasteiger partial charge is 0.148 e. The number of anilines is 6. The summed E-state index contributed by atoms with van der Waals surface area (Å²) in [5, 5.41) is 6.09. The summed E-state index contributed by atoms with van der Waals surface area (Å²) in [6.07, 6.45) is 0. The lowest BCUT2D eigenvalue weighted by Gasteiger charge is -2.31. The second-order valence-corrected chi connectivity index (χ2v) is 17.1. The van der Waals surface area contributed by atoms with E-state index in [-0.39, 0.29) is 11.6 Å². The van der Waals surface area contributed by atoms with Crippen LogP contribution in [0.2, 0.25) is 0 Å². The Kier molecular flexibility index (Phi) is 13.7. The Morgan fingerprint density at radius 1 is 0.278 bits per heavy atom. The van der Waals surface area contributed by atoms with Crippen LogP contribution in [0.15, 0.2) is 255 Å². The van der Waals surface area contributed by atoms with Crippen molar-refractivity contribution in [3.8, 4) is 44.5 Å². The molecule has 0 radical (unpaired) electrons. The van der Waals surface area contributed by atoms with Gasteiger partial charge in [0.05, 0.1) is 22.7 Å². The zero-order chi connectivity index (χ0) is 49.6. The molecule has 0 unspecified atom stereocenters. The molecule has 0 saturated heterocycles. The number of nitrogens with zero attached hydrogens (tertiary/aromatic N) is 2. The van der Waals surface area contributed by atoms with Crippen LogP contribution in [0.4, 0.5) is 42.9 Å². The highest BCUT2D eigenvalue weighted by Gasteiger charge is 2.28. The first-order valence-corrected chi connectivity index (χ1v) is 24.9. The Morgan fingerprint density at radius 2 is 0.569 bits per heavy atom. The van der Waals surface area contributed by atoms with Gasteiger partial charge in [-0.25, -0.2) is 8.78 Å².